The Balaban J connectivity index is 0.00000204. The molecule has 2 aliphatic rings. The molecule has 1 saturated heterocycles. The number of rotatable bonds is 8. The molecule has 0 atom stereocenters. The number of anilines is 2. The summed E-state index contributed by atoms with van der Waals surface area (Å²) in [6.45, 7) is 10.3. The molecule has 2 aliphatic heterocycles. The minimum Gasteiger partial charge on any atom is -0.380 e. The molecule has 10 heteroatoms. The number of fused-ring (bicyclic) bond motifs is 2. The predicted octanol–water partition coefficient (Wildman–Crippen LogP) is 6.20. The number of piperazine rings is 1. The SMILES string of the molecule is CCOCCN1CCN(CCCN2c3ccccc3Sc3ccc(C(F)(F)F)cc32)CC1.Cl.Cl. The third-order valence-corrected chi connectivity index (χ3v) is 7.16. The number of ether oxygens (including phenoxy) is 1. The molecule has 0 aliphatic carbocycles. The molecule has 0 aromatic heterocycles. The van der Waals surface area contributed by atoms with Crippen LogP contribution in [0, 0.1) is 0 Å². The summed E-state index contributed by atoms with van der Waals surface area (Å²) in [6, 6.07) is 12.1. The number of hydrogen-bond donors (Lipinski definition) is 0. The maximum Gasteiger partial charge on any atom is 0.416 e. The molecule has 4 rings (SSSR count). The molecule has 0 spiro atoms. The van der Waals surface area contributed by atoms with E-state index in [1.165, 1.54) is 12.1 Å². The Labute approximate surface area is 216 Å². The average Bonchev–Trinajstić information content (AvgIpc) is 2.79. The van der Waals surface area contributed by atoms with Crippen molar-refractivity contribution in [3.05, 3.63) is 48.0 Å². The summed E-state index contributed by atoms with van der Waals surface area (Å²) in [5.74, 6) is 0. The van der Waals surface area contributed by atoms with E-state index in [-0.39, 0.29) is 24.8 Å². The lowest BCUT2D eigenvalue weighted by atomic mass is 10.1. The third kappa shape index (κ3) is 7.18. The van der Waals surface area contributed by atoms with Crippen molar-refractivity contribution in [1.82, 2.24) is 9.80 Å². The van der Waals surface area contributed by atoms with Gasteiger partial charge >= 0.3 is 6.18 Å². The van der Waals surface area contributed by atoms with Crippen molar-refractivity contribution in [3.63, 3.8) is 0 Å². The fraction of sp³-hybridized carbons (Fsp3) is 0.500. The van der Waals surface area contributed by atoms with Gasteiger partial charge in [0.15, 0.2) is 0 Å². The van der Waals surface area contributed by atoms with Gasteiger partial charge in [-0.3, -0.25) is 4.90 Å². The van der Waals surface area contributed by atoms with Crippen molar-refractivity contribution in [3.8, 4) is 0 Å². The molecule has 2 heterocycles. The second-order valence-corrected chi connectivity index (χ2v) is 9.22. The van der Waals surface area contributed by atoms with Gasteiger partial charge in [0.25, 0.3) is 0 Å². The minimum atomic E-state index is -4.34. The Kier molecular flexibility index (Phi) is 11.3. The molecule has 0 radical (unpaired) electrons. The van der Waals surface area contributed by atoms with E-state index in [1.807, 2.05) is 31.2 Å². The van der Waals surface area contributed by atoms with Crippen LogP contribution in [0.25, 0.3) is 0 Å². The summed E-state index contributed by atoms with van der Waals surface area (Å²) in [7, 11) is 0. The predicted molar refractivity (Wildman–Crippen MR) is 138 cm³/mol. The first kappa shape index (κ1) is 29.1. The summed E-state index contributed by atoms with van der Waals surface area (Å²) in [4.78, 5) is 8.91. The van der Waals surface area contributed by atoms with Crippen LogP contribution in [0.15, 0.2) is 52.3 Å². The Morgan fingerprint density at radius 3 is 2.18 bits per heavy atom. The summed E-state index contributed by atoms with van der Waals surface area (Å²) in [5.41, 5.74) is 1.05. The lowest BCUT2D eigenvalue weighted by Gasteiger charge is -2.36. The van der Waals surface area contributed by atoms with E-state index in [0.717, 1.165) is 74.4 Å². The zero-order valence-corrected chi connectivity index (χ0v) is 21.7. The molecular weight excluding hydrogens is 506 g/mol. The quantitative estimate of drug-likeness (QED) is 0.372. The fourth-order valence-electron chi connectivity index (χ4n) is 4.27. The van der Waals surface area contributed by atoms with Gasteiger partial charge in [-0.25, -0.2) is 0 Å². The highest BCUT2D eigenvalue weighted by Gasteiger charge is 2.33. The van der Waals surface area contributed by atoms with E-state index in [0.29, 0.717) is 12.2 Å². The third-order valence-electron chi connectivity index (χ3n) is 6.03. The van der Waals surface area contributed by atoms with E-state index in [4.69, 9.17) is 4.74 Å². The van der Waals surface area contributed by atoms with Gasteiger partial charge in [0, 0.05) is 55.7 Å². The normalized spacial score (nSPS) is 16.3. The van der Waals surface area contributed by atoms with Crippen molar-refractivity contribution >= 4 is 48.0 Å². The fourth-order valence-corrected chi connectivity index (χ4v) is 5.35. The average molecular weight is 539 g/mol. The number of benzene rings is 2. The second kappa shape index (κ2) is 13.2. The molecule has 0 saturated carbocycles. The van der Waals surface area contributed by atoms with Crippen molar-refractivity contribution in [2.24, 2.45) is 0 Å². The Hall–Kier alpha value is -1.16. The first-order valence-electron chi connectivity index (χ1n) is 11.2. The molecular formula is C24H32Cl2F3N3OS. The smallest absolute Gasteiger partial charge is 0.380 e. The second-order valence-electron chi connectivity index (χ2n) is 8.14. The number of halogens is 5. The number of nitrogens with zero attached hydrogens (tertiary/aromatic N) is 3. The topological polar surface area (TPSA) is 19.0 Å². The van der Waals surface area contributed by atoms with E-state index < -0.39 is 11.7 Å². The largest absolute Gasteiger partial charge is 0.416 e. The van der Waals surface area contributed by atoms with Crippen LogP contribution in [-0.2, 0) is 10.9 Å². The van der Waals surface area contributed by atoms with Crippen LogP contribution in [0.2, 0.25) is 0 Å². The summed E-state index contributed by atoms with van der Waals surface area (Å²) in [6.07, 6.45) is -3.45. The zero-order chi connectivity index (χ0) is 22.6. The van der Waals surface area contributed by atoms with Crippen LogP contribution in [0.1, 0.15) is 18.9 Å². The van der Waals surface area contributed by atoms with Crippen LogP contribution in [0.3, 0.4) is 0 Å². The van der Waals surface area contributed by atoms with Gasteiger partial charge in [0.05, 0.1) is 23.5 Å². The van der Waals surface area contributed by atoms with Crippen LogP contribution in [0.5, 0.6) is 0 Å². The zero-order valence-electron chi connectivity index (χ0n) is 19.2. The van der Waals surface area contributed by atoms with Crippen molar-refractivity contribution < 1.29 is 17.9 Å². The lowest BCUT2D eigenvalue weighted by Crippen LogP contribution is -2.47. The molecule has 190 valence electrons. The van der Waals surface area contributed by atoms with Gasteiger partial charge in [0.1, 0.15) is 0 Å². The maximum absolute atomic E-state index is 13.4. The van der Waals surface area contributed by atoms with Crippen molar-refractivity contribution in [2.45, 2.75) is 29.3 Å². The van der Waals surface area contributed by atoms with Gasteiger partial charge in [-0.1, -0.05) is 23.9 Å². The molecule has 2 aromatic carbocycles. The van der Waals surface area contributed by atoms with Crippen LogP contribution in [-0.4, -0.2) is 68.8 Å². The van der Waals surface area contributed by atoms with Crippen LogP contribution >= 0.6 is 36.6 Å². The van der Waals surface area contributed by atoms with Crippen LogP contribution < -0.4 is 4.90 Å². The Bertz CT molecular complexity index is 911. The molecule has 0 unspecified atom stereocenters. The summed E-state index contributed by atoms with van der Waals surface area (Å²) >= 11 is 1.54. The highest BCUT2D eigenvalue weighted by molar-refractivity contribution is 7.99. The van der Waals surface area contributed by atoms with Gasteiger partial charge in [-0.2, -0.15) is 13.2 Å². The molecule has 2 aromatic rings. The molecule has 0 amide bonds. The van der Waals surface area contributed by atoms with Crippen molar-refractivity contribution in [2.75, 3.05) is 63.9 Å². The first-order chi connectivity index (χ1) is 15.5. The van der Waals surface area contributed by atoms with E-state index in [2.05, 4.69) is 14.7 Å². The van der Waals surface area contributed by atoms with Gasteiger partial charge in [0.2, 0.25) is 0 Å². The number of para-hydroxylation sites is 1. The standard InChI is InChI=1S/C24H30F3N3OS.2ClH/c1-2-31-17-16-29-14-12-28(13-15-29)10-5-11-30-20-6-3-4-7-22(20)32-23-9-8-19(18-21(23)30)24(25,26)27;;/h3-4,6-9,18H,2,5,10-17H2,1H3;2*1H. The monoisotopic (exact) mass is 537 g/mol. The van der Waals surface area contributed by atoms with Gasteiger partial charge in [-0.15, -0.1) is 24.8 Å². The van der Waals surface area contributed by atoms with Crippen molar-refractivity contribution in [1.29, 1.82) is 0 Å². The highest BCUT2D eigenvalue weighted by atomic mass is 35.5. The number of alkyl halides is 3. The molecule has 0 bridgehead atoms. The van der Waals surface area contributed by atoms with Gasteiger partial charge < -0.3 is 14.5 Å². The summed E-state index contributed by atoms with van der Waals surface area (Å²) in [5, 5.41) is 0. The van der Waals surface area contributed by atoms with E-state index in [1.54, 1.807) is 17.8 Å². The molecule has 34 heavy (non-hydrogen) atoms. The summed E-state index contributed by atoms with van der Waals surface area (Å²) < 4.78 is 45.5. The Morgan fingerprint density at radius 1 is 0.853 bits per heavy atom. The Morgan fingerprint density at radius 2 is 1.50 bits per heavy atom. The van der Waals surface area contributed by atoms with E-state index >= 15 is 0 Å². The molecule has 4 nitrogen and oxygen atoms in total. The number of hydrogen-bond acceptors (Lipinski definition) is 5. The highest BCUT2D eigenvalue weighted by Crippen LogP contribution is 2.49. The minimum absolute atomic E-state index is 0. The van der Waals surface area contributed by atoms with Gasteiger partial charge in [-0.05, 0) is 50.2 Å². The maximum atomic E-state index is 13.4. The first-order valence-corrected chi connectivity index (χ1v) is 12.1. The molecule has 1 fully saturated rings. The van der Waals surface area contributed by atoms with E-state index in [9.17, 15) is 13.2 Å². The lowest BCUT2D eigenvalue weighted by molar-refractivity contribution is -0.137. The van der Waals surface area contributed by atoms with Crippen LogP contribution in [0.4, 0.5) is 24.5 Å². The molecule has 0 N–H and O–H groups in total.